The van der Waals surface area contributed by atoms with E-state index in [1.165, 1.54) is 28.8 Å². The number of aromatic nitrogens is 3. The first kappa shape index (κ1) is 19.0. The Morgan fingerprint density at radius 3 is 2.62 bits per heavy atom. The van der Waals surface area contributed by atoms with Crippen LogP contribution in [0.1, 0.15) is 6.42 Å². The molecule has 3 rings (SSSR count). The van der Waals surface area contributed by atoms with Crippen molar-refractivity contribution in [2.24, 2.45) is 0 Å². The van der Waals surface area contributed by atoms with Crippen molar-refractivity contribution in [3.05, 3.63) is 34.3 Å². The zero-order chi connectivity index (χ0) is 18.9. The van der Waals surface area contributed by atoms with E-state index in [1.807, 2.05) is 0 Å². The van der Waals surface area contributed by atoms with Gasteiger partial charge in [-0.1, -0.05) is 11.6 Å². The lowest BCUT2D eigenvalue weighted by Crippen LogP contribution is -2.31. The first-order chi connectivity index (χ1) is 12.2. The fraction of sp³-hybridized carbons (Fsp3) is 0.357. The van der Waals surface area contributed by atoms with Crippen LogP contribution in [0.5, 0.6) is 0 Å². The van der Waals surface area contributed by atoms with E-state index in [9.17, 15) is 12.8 Å². The molecule has 1 unspecified atom stereocenters. The molecule has 1 saturated heterocycles. The van der Waals surface area contributed by atoms with Gasteiger partial charge in [0.15, 0.2) is 0 Å². The number of rotatable bonds is 5. The lowest BCUT2D eigenvalue weighted by atomic mass is 10.3. The molecule has 2 heterocycles. The molecule has 0 amide bonds. The molecule has 0 spiro atoms. The maximum absolute atomic E-state index is 13.2. The molecule has 1 atom stereocenters. The van der Waals surface area contributed by atoms with Crippen molar-refractivity contribution in [2.45, 2.75) is 12.5 Å². The third-order valence-corrected chi connectivity index (χ3v) is 5.47. The number of benzene rings is 1. The first-order valence-corrected chi connectivity index (χ1v) is 10.2. The molecule has 1 aromatic carbocycles. The predicted molar refractivity (Wildman–Crippen MR) is 98.0 cm³/mol. The summed E-state index contributed by atoms with van der Waals surface area (Å²) in [5, 5.41) is 5.83. The van der Waals surface area contributed by atoms with E-state index in [1.54, 1.807) is 0 Å². The molecule has 0 bridgehead atoms. The fourth-order valence-electron chi connectivity index (χ4n) is 2.50. The van der Waals surface area contributed by atoms with Crippen molar-refractivity contribution in [2.75, 3.05) is 30.0 Å². The Morgan fingerprint density at radius 1 is 1.23 bits per heavy atom. The minimum Gasteiger partial charge on any atom is -0.350 e. The molecule has 1 aromatic heterocycles. The van der Waals surface area contributed by atoms with Crippen molar-refractivity contribution in [3.63, 3.8) is 0 Å². The summed E-state index contributed by atoms with van der Waals surface area (Å²) >= 11 is 11.7. The van der Waals surface area contributed by atoms with Gasteiger partial charge < -0.3 is 10.6 Å². The second kappa shape index (κ2) is 7.47. The predicted octanol–water partition coefficient (Wildman–Crippen LogP) is 2.51. The highest BCUT2D eigenvalue weighted by atomic mass is 35.5. The van der Waals surface area contributed by atoms with Crippen LogP contribution in [0.2, 0.25) is 10.3 Å². The van der Waals surface area contributed by atoms with Crippen LogP contribution >= 0.6 is 23.2 Å². The summed E-state index contributed by atoms with van der Waals surface area (Å²) in [6.07, 6.45) is 1.79. The minimum absolute atomic E-state index is 0.0414. The maximum atomic E-state index is 13.2. The van der Waals surface area contributed by atoms with Crippen LogP contribution in [0.15, 0.2) is 18.2 Å². The molecule has 2 aromatic rings. The zero-order valence-corrected chi connectivity index (χ0v) is 15.9. The van der Waals surface area contributed by atoms with Crippen LogP contribution in [0.25, 0.3) is 0 Å². The normalized spacial score (nSPS) is 18.1. The molecule has 26 heavy (non-hydrogen) atoms. The maximum Gasteiger partial charge on any atom is 0.233 e. The van der Waals surface area contributed by atoms with Gasteiger partial charge in [0, 0.05) is 24.8 Å². The van der Waals surface area contributed by atoms with Crippen molar-refractivity contribution < 1.29 is 12.8 Å². The van der Waals surface area contributed by atoms with Crippen molar-refractivity contribution in [3.8, 4) is 0 Å². The number of nitrogens with zero attached hydrogens (tertiary/aromatic N) is 4. The van der Waals surface area contributed by atoms with Crippen molar-refractivity contribution in [1.82, 2.24) is 19.3 Å². The Kier molecular flexibility index (Phi) is 5.47. The summed E-state index contributed by atoms with van der Waals surface area (Å²) in [4.78, 5) is 12.2. The van der Waals surface area contributed by atoms with Crippen LogP contribution < -0.4 is 10.6 Å². The molecule has 12 heteroatoms. The van der Waals surface area contributed by atoms with Crippen LogP contribution in [-0.2, 0) is 10.0 Å². The molecular formula is C14H15Cl2FN6O2S. The summed E-state index contributed by atoms with van der Waals surface area (Å²) in [6, 6.07) is 3.94. The van der Waals surface area contributed by atoms with E-state index in [-0.39, 0.29) is 28.2 Å². The number of hydrogen-bond donors (Lipinski definition) is 2. The van der Waals surface area contributed by atoms with Gasteiger partial charge in [-0.2, -0.15) is 15.0 Å². The van der Waals surface area contributed by atoms with Gasteiger partial charge >= 0.3 is 0 Å². The molecule has 0 aliphatic carbocycles. The molecule has 8 nitrogen and oxygen atoms in total. The molecule has 140 valence electrons. The number of hydrogen-bond acceptors (Lipinski definition) is 7. The van der Waals surface area contributed by atoms with Crippen LogP contribution in [0, 0.1) is 5.82 Å². The van der Waals surface area contributed by atoms with Gasteiger partial charge in [0.2, 0.25) is 27.2 Å². The Morgan fingerprint density at radius 2 is 1.96 bits per heavy atom. The number of halogens is 3. The highest BCUT2D eigenvalue weighted by molar-refractivity contribution is 7.88. The van der Waals surface area contributed by atoms with Crippen LogP contribution in [-0.4, -0.2) is 53.1 Å². The fourth-order valence-corrected chi connectivity index (χ4v) is 3.73. The van der Waals surface area contributed by atoms with Gasteiger partial charge in [-0.3, -0.25) is 0 Å². The molecule has 2 N–H and O–H groups in total. The van der Waals surface area contributed by atoms with Crippen molar-refractivity contribution in [1.29, 1.82) is 0 Å². The summed E-state index contributed by atoms with van der Waals surface area (Å²) in [5.74, 6) is -0.181. The van der Waals surface area contributed by atoms with E-state index < -0.39 is 15.8 Å². The van der Waals surface area contributed by atoms with E-state index in [0.717, 1.165) is 0 Å². The van der Waals surface area contributed by atoms with Gasteiger partial charge in [0.25, 0.3) is 0 Å². The monoisotopic (exact) mass is 420 g/mol. The highest BCUT2D eigenvalue weighted by Crippen LogP contribution is 2.23. The Balaban J connectivity index is 1.73. The molecule has 1 aliphatic rings. The molecular weight excluding hydrogens is 406 g/mol. The molecule has 0 saturated carbocycles. The topological polar surface area (TPSA) is 100 Å². The van der Waals surface area contributed by atoms with E-state index in [4.69, 9.17) is 23.2 Å². The molecule has 0 radical (unpaired) electrons. The van der Waals surface area contributed by atoms with Crippen LogP contribution in [0.3, 0.4) is 0 Å². The van der Waals surface area contributed by atoms with Gasteiger partial charge in [0.05, 0.1) is 11.3 Å². The highest BCUT2D eigenvalue weighted by Gasteiger charge is 2.29. The van der Waals surface area contributed by atoms with Gasteiger partial charge in [0.1, 0.15) is 5.82 Å². The minimum atomic E-state index is -3.23. The lowest BCUT2D eigenvalue weighted by Gasteiger charge is -2.15. The Labute approximate surface area is 159 Å². The number of sulfonamides is 1. The van der Waals surface area contributed by atoms with Gasteiger partial charge in [-0.25, -0.2) is 17.1 Å². The summed E-state index contributed by atoms with van der Waals surface area (Å²) in [6.45, 7) is 0.743. The molecule has 1 aliphatic heterocycles. The Hall–Kier alpha value is -1.75. The SMILES string of the molecule is CS(=O)(=O)N1CCC(Nc2nc(Cl)nc(Nc3ccc(F)c(Cl)c3)n2)C1. The quantitative estimate of drug-likeness (QED) is 0.765. The summed E-state index contributed by atoms with van der Waals surface area (Å²) < 4.78 is 37.8. The molecule has 1 fully saturated rings. The summed E-state index contributed by atoms with van der Waals surface area (Å²) in [5.41, 5.74) is 0.480. The van der Waals surface area contributed by atoms with E-state index >= 15 is 0 Å². The average molecular weight is 421 g/mol. The zero-order valence-electron chi connectivity index (χ0n) is 13.6. The number of anilines is 3. The third kappa shape index (κ3) is 4.70. The second-order valence-corrected chi connectivity index (χ2v) is 8.48. The largest absolute Gasteiger partial charge is 0.350 e. The third-order valence-electron chi connectivity index (χ3n) is 3.74. The lowest BCUT2D eigenvalue weighted by molar-refractivity contribution is 0.480. The van der Waals surface area contributed by atoms with Crippen molar-refractivity contribution >= 4 is 50.8 Å². The second-order valence-electron chi connectivity index (χ2n) is 5.76. The van der Waals surface area contributed by atoms with Gasteiger partial charge in [-0.15, -0.1) is 0 Å². The van der Waals surface area contributed by atoms with E-state index in [2.05, 4.69) is 25.6 Å². The number of nitrogens with one attached hydrogen (secondary N) is 2. The first-order valence-electron chi connectivity index (χ1n) is 7.56. The smallest absolute Gasteiger partial charge is 0.233 e. The van der Waals surface area contributed by atoms with Crippen LogP contribution in [0.4, 0.5) is 22.0 Å². The average Bonchev–Trinajstić information content (AvgIpc) is 2.99. The Bertz CT molecular complexity index is 930. The standard InChI is InChI=1S/C14H15Cl2FN6O2S/c1-26(24,25)23-5-4-9(7-23)19-14-21-12(16)20-13(22-14)18-8-2-3-11(17)10(15)6-8/h2-3,6,9H,4-5,7H2,1H3,(H2,18,19,20,21,22). The van der Waals surface area contributed by atoms with E-state index in [0.29, 0.717) is 25.2 Å². The van der Waals surface area contributed by atoms with Gasteiger partial charge in [-0.05, 0) is 36.2 Å². The summed E-state index contributed by atoms with van der Waals surface area (Å²) in [7, 11) is -3.23.